The van der Waals surface area contributed by atoms with Crippen molar-refractivity contribution in [2.24, 2.45) is 0 Å². The Balaban J connectivity index is 1.66. The van der Waals surface area contributed by atoms with Gasteiger partial charge in [0.2, 0.25) is 5.91 Å². The molecule has 134 valence electrons. The van der Waals surface area contributed by atoms with E-state index in [9.17, 15) is 22.8 Å². The Morgan fingerprint density at radius 1 is 1.28 bits per heavy atom. The largest absolute Gasteiger partial charge is 0.431 e. The molecular weight excluding hydrogens is 337 g/mol. The first-order valence-electron chi connectivity index (χ1n) is 7.85. The smallest absolute Gasteiger partial charge is 0.354 e. The third kappa shape index (κ3) is 3.70. The van der Waals surface area contributed by atoms with Crippen molar-refractivity contribution < 1.29 is 22.8 Å². The number of alkyl halides is 3. The first-order chi connectivity index (χ1) is 11.9. The van der Waals surface area contributed by atoms with Gasteiger partial charge in [-0.3, -0.25) is 4.79 Å². The fourth-order valence-electron chi connectivity index (χ4n) is 2.94. The van der Waals surface area contributed by atoms with Gasteiger partial charge in [-0.1, -0.05) is 18.2 Å². The van der Waals surface area contributed by atoms with Crippen molar-refractivity contribution in [1.82, 2.24) is 20.9 Å². The van der Waals surface area contributed by atoms with Gasteiger partial charge in [0.25, 0.3) is 0 Å². The summed E-state index contributed by atoms with van der Waals surface area (Å²) in [5.41, 5.74) is -0.287. The van der Waals surface area contributed by atoms with Crippen LogP contribution in [0.25, 0.3) is 10.9 Å². The van der Waals surface area contributed by atoms with Crippen LogP contribution in [0.2, 0.25) is 0 Å². The number of amides is 3. The summed E-state index contributed by atoms with van der Waals surface area (Å²) in [5.74, 6) is -0.258. The lowest BCUT2D eigenvalue weighted by Gasteiger charge is -2.12. The van der Waals surface area contributed by atoms with Gasteiger partial charge in [-0.2, -0.15) is 13.2 Å². The number of para-hydroxylation sites is 1. The van der Waals surface area contributed by atoms with Gasteiger partial charge in [0.15, 0.2) is 0 Å². The van der Waals surface area contributed by atoms with Crippen LogP contribution in [0.5, 0.6) is 0 Å². The van der Waals surface area contributed by atoms with Crippen LogP contribution in [0.4, 0.5) is 18.0 Å². The fraction of sp³-hybridized carbons (Fsp3) is 0.375. The molecular formula is C16H17F3N4O2. The number of H-pyrrole nitrogens is 1. The minimum Gasteiger partial charge on any atom is -0.354 e. The SMILES string of the molecule is O=C(NCCc1c(C(F)(F)F)[nH]c2ccccc12)N[C@H]1CCNC1=O. The molecule has 3 amide bonds. The van der Waals surface area contributed by atoms with Crippen molar-refractivity contribution in [2.75, 3.05) is 13.1 Å². The highest BCUT2D eigenvalue weighted by atomic mass is 19.4. The molecule has 9 heteroatoms. The molecule has 2 aromatic rings. The topological polar surface area (TPSA) is 86.0 Å². The number of rotatable bonds is 4. The summed E-state index contributed by atoms with van der Waals surface area (Å²) in [6.45, 7) is 0.513. The maximum atomic E-state index is 13.2. The number of fused-ring (bicyclic) bond motifs is 1. The van der Waals surface area contributed by atoms with Gasteiger partial charge >= 0.3 is 12.2 Å². The van der Waals surface area contributed by atoms with Gasteiger partial charge in [0.05, 0.1) is 0 Å². The van der Waals surface area contributed by atoms with Gasteiger partial charge in [-0.15, -0.1) is 0 Å². The zero-order valence-corrected chi connectivity index (χ0v) is 13.2. The second kappa shape index (κ2) is 6.66. The van der Waals surface area contributed by atoms with Gasteiger partial charge in [-0.25, -0.2) is 4.79 Å². The predicted molar refractivity (Wildman–Crippen MR) is 85.0 cm³/mol. The van der Waals surface area contributed by atoms with E-state index in [4.69, 9.17) is 0 Å². The fourth-order valence-corrected chi connectivity index (χ4v) is 2.94. The first-order valence-corrected chi connectivity index (χ1v) is 7.85. The molecule has 1 fully saturated rings. The summed E-state index contributed by atoms with van der Waals surface area (Å²) in [4.78, 5) is 25.6. The highest BCUT2D eigenvalue weighted by Crippen LogP contribution is 2.35. The number of hydrogen-bond acceptors (Lipinski definition) is 2. The van der Waals surface area contributed by atoms with Crippen LogP contribution in [0.15, 0.2) is 24.3 Å². The van der Waals surface area contributed by atoms with E-state index in [1.54, 1.807) is 24.3 Å². The van der Waals surface area contributed by atoms with E-state index >= 15 is 0 Å². The Kier molecular flexibility index (Phi) is 4.56. The van der Waals surface area contributed by atoms with E-state index < -0.39 is 23.9 Å². The second-order valence-corrected chi connectivity index (χ2v) is 5.80. The number of carbonyl (C=O) groups excluding carboxylic acids is 2. The number of benzene rings is 1. The number of hydrogen-bond donors (Lipinski definition) is 4. The predicted octanol–water partition coefficient (Wildman–Crippen LogP) is 1.92. The molecule has 3 rings (SSSR count). The third-order valence-corrected chi connectivity index (χ3v) is 4.11. The highest BCUT2D eigenvalue weighted by molar-refractivity contribution is 5.88. The number of nitrogens with one attached hydrogen (secondary N) is 4. The van der Waals surface area contributed by atoms with Crippen LogP contribution >= 0.6 is 0 Å². The molecule has 0 unspecified atom stereocenters. The molecule has 1 saturated heterocycles. The van der Waals surface area contributed by atoms with Crippen LogP contribution in [-0.2, 0) is 17.4 Å². The normalized spacial score (nSPS) is 17.6. The summed E-state index contributed by atoms with van der Waals surface area (Å²) >= 11 is 0. The number of aromatic amines is 1. The maximum absolute atomic E-state index is 13.2. The first kappa shape index (κ1) is 17.1. The van der Waals surface area contributed by atoms with Crippen LogP contribution in [0.1, 0.15) is 17.7 Å². The molecule has 0 aliphatic carbocycles. The van der Waals surface area contributed by atoms with Crippen molar-refractivity contribution in [3.8, 4) is 0 Å². The second-order valence-electron chi connectivity index (χ2n) is 5.80. The van der Waals surface area contributed by atoms with Gasteiger partial charge < -0.3 is 20.9 Å². The van der Waals surface area contributed by atoms with Gasteiger partial charge in [0, 0.05) is 24.0 Å². The number of urea groups is 1. The lowest BCUT2D eigenvalue weighted by Crippen LogP contribution is -2.45. The van der Waals surface area contributed by atoms with Gasteiger partial charge in [0.1, 0.15) is 11.7 Å². The molecule has 1 aromatic heterocycles. The number of carbonyl (C=O) groups is 2. The molecule has 2 heterocycles. The average Bonchev–Trinajstić information content (AvgIpc) is 3.12. The summed E-state index contributed by atoms with van der Waals surface area (Å²) in [6.07, 6.45) is -3.99. The van der Waals surface area contributed by atoms with Crippen molar-refractivity contribution in [1.29, 1.82) is 0 Å². The van der Waals surface area contributed by atoms with E-state index in [0.717, 1.165) is 0 Å². The van der Waals surface area contributed by atoms with Crippen LogP contribution < -0.4 is 16.0 Å². The molecule has 1 aliphatic rings. The minimum absolute atomic E-state index is 0.0170. The summed E-state index contributed by atoms with van der Waals surface area (Å²) < 4.78 is 39.6. The van der Waals surface area contributed by atoms with Crippen molar-refractivity contribution in [3.63, 3.8) is 0 Å². The Morgan fingerprint density at radius 2 is 2.04 bits per heavy atom. The van der Waals surface area contributed by atoms with Crippen LogP contribution in [0, 0.1) is 0 Å². The average molecular weight is 354 g/mol. The molecule has 4 N–H and O–H groups in total. The third-order valence-electron chi connectivity index (χ3n) is 4.11. The van der Waals surface area contributed by atoms with E-state index in [1.807, 2.05) is 0 Å². The maximum Gasteiger partial charge on any atom is 0.431 e. The molecule has 1 atom stereocenters. The Labute approximate surface area is 141 Å². The Morgan fingerprint density at radius 3 is 2.72 bits per heavy atom. The molecule has 0 saturated carbocycles. The van der Waals surface area contributed by atoms with Crippen molar-refractivity contribution >= 4 is 22.8 Å². The van der Waals surface area contributed by atoms with Crippen molar-refractivity contribution in [2.45, 2.75) is 25.1 Å². The molecule has 0 bridgehead atoms. The molecule has 0 spiro atoms. The van der Waals surface area contributed by atoms with E-state index in [0.29, 0.717) is 23.9 Å². The summed E-state index contributed by atoms with van der Waals surface area (Å²) in [6, 6.07) is 5.33. The monoisotopic (exact) mass is 354 g/mol. The Bertz CT molecular complexity index is 800. The Hall–Kier alpha value is -2.71. The molecule has 1 aliphatic heterocycles. The molecule has 1 aromatic carbocycles. The molecule has 6 nitrogen and oxygen atoms in total. The quantitative estimate of drug-likeness (QED) is 0.676. The van der Waals surface area contributed by atoms with Crippen LogP contribution in [0.3, 0.4) is 0 Å². The highest BCUT2D eigenvalue weighted by Gasteiger charge is 2.36. The van der Waals surface area contributed by atoms with Gasteiger partial charge in [-0.05, 0) is 24.5 Å². The standard InChI is InChI=1S/C16H17F3N4O2/c17-16(18,19)13-10(9-3-1-2-4-11(9)22-13)5-7-21-15(25)23-12-6-8-20-14(12)24/h1-4,12,22H,5-8H2,(H,20,24)(H2,21,23,25)/t12-/m0/s1. The van der Waals surface area contributed by atoms with E-state index in [1.165, 1.54) is 0 Å². The zero-order valence-electron chi connectivity index (χ0n) is 13.2. The number of aromatic nitrogens is 1. The molecule has 0 radical (unpaired) electrons. The van der Waals surface area contributed by atoms with Crippen LogP contribution in [-0.4, -0.2) is 36.1 Å². The summed E-state index contributed by atoms with van der Waals surface area (Å²) in [7, 11) is 0. The van der Waals surface area contributed by atoms with E-state index in [-0.39, 0.29) is 24.4 Å². The van der Waals surface area contributed by atoms with E-state index in [2.05, 4.69) is 20.9 Å². The lowest BCUT2D eigenvalue weighted by atomic mass is 10.1. The summed E-state index contributed by atoms with van der Waals surface area (Å²) in [5, 5.41) is 8.07. The zero-order chi connectivity index (χ0) is 18.0. The van der Waals surface area contributed by atoms with Crippen molar-refractivity contribution in [3.05, 3.63) is 35.5 Å². The minimum atomic E-state index is -4.50. The molecule has 25 heavy (non-hydrogen) atoms. The lowest BCUT2D eigenvalue weighted by molar-refractivity contribution is -0.141. The number of halogens is 3.